The van der Waals surface area contributed by atoms with Gasteiger partial charge < -0.3 is 20.1 Å². The molecular weight excluding hydrogens is 399 g/mol. The fourth-order valence-corrected chi connectivity index (χ4v) is 3.87. The van der Waals surface area contributed by atoms with Gasteiger partial charge in [-0.15, -0.1) is 10.2 Å². The minimum absolute atomic E-state index is 0.332. The van der Waals surface area contributed by atoms with Crippen LogP contribution >= 0.6 is 23.2 Å². The van der Waals surface area contributed by atoms with E-state index in [1.807, 2.05) is 36.4 Å². The Hall–Kier alpha value is -2.28. The fraction of sp³-hybridized carbons (Fsp3) is 0.300. The summed E-state index contributed by atoms with van der Waals surface area (Å²) in [6.45, 7) is 1.84. The number of benzene rings is 2. The number of nitrogens with one attached hydrogen (secondary N) is 1. The van der Waals surface area contributed by atoms with Crippen molar-refractivity contribution in [3.63, 3.8) is 0 Å². The van der Waals surface area contributed by atoms with Crippen molar-refractivity contribution in [3.05, 3.63) is 52.0 Å². The second-order valence-corrected chi connectivity index (χ2v) is 7.62. The van der Waals surface area contributed by atoms with Crippen LogP contribution in [0.4, 0.5) is 11.6 Å². The van der Waals surface area contributed by atoms with E-state index in [1.54, 1.807) is 7.11 Å². The highest BCUT2D eigenvalue weighted by Crippen LogP contribution is 2.33. The molecule has 1 fully saturated rings. The van der Waals surface area contributed by atoms with Gasteiger partial charge in [-0.2, -0.15) is 0 Å². The van der Waals surface area contributed by atoms with Crippen molar-refractivity contribution < 1.29 is 9.84 Å². The molecule has 0 spiro atoms. The minimum Gasteiger partial charge on any atom is -0.495 e. The molecule has 8 heteroatoms. The molecule has 0 aliphatic carbocycles. The number of hydrogen-bond acceptors (Lipinski definition) is 6. The van der Waals surface area contributed by atoms with E-state index in [-0.39, 0.29) is 6.10 Å². The van der Waals surface area contributed by atoms with E-state index in [2.05, 4.69) is 20.4 Å². The molecule has 0 radical (unpaired) electrons. The highest BCUT2D eigenvalue weighted by molar-refractivity contribution is 6.32. The highest BCUT2D eigenvalue weighted by atomic mass is 35.5. The van der Waals surface area contributed by atoms with E-state index < -0.39 is 0 Å². The van der Waals surface area contributed by atoms with Crippen LogP contribution in [0.2, 0.25) is 10.0 Å². The number of aliphatic hydroxyl groups is 1. The second-order valence-electron chi connectivity index (χ2n) is 6.77. The molecule has 2 heterocycles. The second kappa shape index (κ2) is 7.99. The van der Waals surface area contributed by atoms with Gasteiger partial charge in [0.2, 0.25) is 0 Å². The first-order valence-electron chi connectivity index (χ1n) is 9.00. The molecule has 0 amide bonds. The molecule has 2 aromatic carbocycles. The third-order valence-electron chi connectivity index (χ3n) is 4.86. The Kier molecular flexibility index (Phi) is 5.44. The largest absolute Gasteiger partial charge is 0.495 e. The quantitative estimate of drug-likeness (QED) is 0.648. The van der Waals surface area contributed by atoms with Crippen molar-refractivity contribution in [2.45, 2.75) is 19.1 Å². The van der Waals surface area contributed by atoms with Gasteiger partial charge in [-0.05, 0) is 42.3 Å². The maximum atomic E-state index is 9.86. The lowest BCUT2D eigenvalue weighted by atomic mass is 10.1. The fourth-order valence-electron chi connectivity index (χ4n) is 3.42. The van der Waals surface area contributed by atoms with Gasteiger partial charge in [0.1, 0.15) is 5.75 Å². The van der Waals surface area contributed by atoms with E-state index in [0.29, 0.717) is 34.7 Å². The van der Waals surface area contributed by atoms with E-state index >= 15 is 0 Å². The molecule has 0 saturated carbocycles. The highest BCUT2D eigenvalue weighted by Gasteiger charge is 2.24. The van der Waals surface area contributed by atoms with Crippen LogP contribution in [-0.4, -0.2) is 41.6 Å². The van der Waals surface area contributed by atoms with Crippen molar-refractivity contribution in [1.82, 2.24) is 10.2 Å². The number of methoxy groups -OCH3 is 1. The molecule has 1 aliphatic heterocycles. The zero-order valence-electron chi connectivity index (χ0n) is 15.3. The van der Waals surface area contributed by atoms with Crippen molar-refractivity contribution in [2.24, 2.45) is 0 Å². The molecule has 1 aromatic heterocycles. The number of rotatable bonds is 5. The Morgan fingerprint density at radius 1 is 1.18 bits per heavy atom. The van der Waals surface area contributed by atoms with Gasteiger partial charge >= 0.3 is 0 Å². The first-order valence-corrected chi connectivity index (χ1v) is 9.76. The number of fused-ring (bicyclic) bond motifs is 1. The zero-order chi connectivity index (χ0) is 19.7. The van der Waals surface area contributed by atoms with Crippen LogP contribution in [0.1, 0.15) is 12.0 Å². The summed E-state index contributed by atoms with van der Waals surface area (Å²) in [6.07, 6.45) is 0.399. The Balaban J connectivity index is 1.64. The van der Waals surface area contributed by atoms with Gasteiger partial charge in [-0.1, -0.05) is 29.3 Å². The molecule has 146 valence electrons. The van der Waals surface area contributed by atoms with Crippen molar-refractivity contribution in [3.8, 4) is 5.75 Å². The normalized spacial score (nSPS) is 16.6. The Morgan fingerprint density at radius 3 is 2.75 bits per heavy atom. The molecule has 1 aliphatic rings. The number of hydrogen-bond donors (Lipinski definition) is 2. The van der Waals surface area contributed by atoms with Crippen LogP contribution < -0.4 is 15.0 Å². The molecular formula is C20H20Cl2N4O2. The molecule has 2 N–H and O–H groups in total. The van der Waals surface area contributed by atoms with Gasteiger partial charge in [-0.3, -0.25) is 0 Å². The van der Waals surface area contributed by atoms with Crippen LogP contribution in [0, 0.1) is 0 Å². The van der Waals surface area contributed by atoms with Crippen LogP contribution in [-0.2, 0) is 6.54 Å². The lowest BCUT2D eigenvalue weighted by Gasteiger charge is -2.19. The third-order valence-corrected chi connectivity index (χ3v) is 5.39. The summed E-state index contributed by atoms with van der Waals surface area (Å²) < 4.78 is 5.19. The summed E-state index contributed by atoms with van der Waals surface area (Å²) in [7, 11) is 1.59. The number of aromatic nitrogens is 2. The topological polar surface area (TPSA) is 70.5 Å². The number of ether oxygens (including phenoxy) is 1. The first-order chi connectivity index (χ1) is 13.5. The number of nitrogens with zero attached hydrogens (tertiary/aromatic N) is 3. The third kappa shape index (κ3) is 3.81. The monoisotopic (exact) mass is 418 g/mol. The van der Waals surface area contributed by atoms with Gasteiger partial charge in [0.25, 0.3) is 0 Å². The molecule has 1 unspecified atom stereocenters. The predicted molar refractivity (Wildman–Crippen MR) is 113 cm³/mol. The summed E-state index contributed by atoms with van der Waals surface area (Å²) in [5.74, 6) is 2.05. The van der Waals surface area contributed by atoms with Crippen LogP contribution in [0.15, 0.2) is 36.4 Å². The van der Waals surface area contributed by atoms with Crippen LogP contribution in [0.3, 0.4) is 0 Å². The lowest BCUT2D eigenvalue weighted by molar-refractivity contribution is 0.198. The van der Waals surface area contributed by atoms with Gasteiger partial charge in [0.15, 0.2) is 11.6 Å². The maximum Gasteiger partial charge on any atom is 0.159 e. The van der Waals surface area contributed by atoms with Crippen LogP contribution in [0.5, 0.6) is 5.75 Å². The molecule has 1 atom stereocenters. The molecule has 28 heavy (non-hydrogen) atoms. The summed E-state index contributed by atoms with van der Waals surface area (Å²) >= 11 is 12.4. The zero-order valence-corrected chi connectivity index (χ0v) is 16.8. The summed E-state index contributed by atoms with van der Waals surface area (Å²) in [5, 5.41) is 25.0. The van der Waals surface area contributed by atoms with E-state index in [0.717, 1.165) is 35.1 Å². The van der Waals surface area contributed by atoms with Gasteiger partial charge in [0.05, 0.1) is 18.2 Å². The van der Waals surface area contributed by atoms with Crippen molar-refractivity contribution in [1.29, 1.82) is 0 Å². The number of anilines is 2. The molecule has 4 rings (SSSR count). The van der Waals surface area contributed by atoms with Crippen LogP contribution in [0.25, 0.3) is 10.8 Å². The molecule has 6 nitrogen and oxygen atoms in total. The van der Waals surface area contributed by atoms with E-state index in [1.165, 1.54) is 0 Å². The van der Waals surface area contributed by atoms with Crippen molar-refractivity contribution >= 4 is 45.6 Å². The number of halogens is 2. The predicted octanol–water partition coefficient (Wildman–Crippen LogP) is 4.13. The SMILES string of the molecule is COc1ccc(CNc2nnc(N3CCC(O)C3)c3ccc(Cl)cc23)cc1Cl. The number of aliphatic hydroxyl groups excluding tert-OH is 1. The van der Waals surface area contributed by atoms with Gasteiger partial charge in [0, 0.05) is 35.4 Å². The van der Waals surface area contributed by atoms with Crippen molar-refractivity contribution in [2.75, 3.05) is 30.4 Å². The molecule has 0 bridgehead atoms. The maximum absolute atomic E-state index is 9.86. The van der Waals surface area contributed by atoms with E-state index in [9.17, 15) is 5.11 Å². The first kappa shape index (κ1) is 19.1. The Bertz CT molecular complexity index is 1010. The number of β-amino-alcohol motifs (C(OH)–C–C–N with tert-alkyl or cyclic N) is 1. The lowest BCUT2D eigenvalue weighted by Crippen LogP contribution is -2.23. The standard InChI is InChI=1S/C20H20Cl2N4O2/c1-28-18-5-2-12(8-17(18)22)10-23-19-16-9-13(21)3-4-15(16)20(25-24-19)26-7-6-14(27)11-26/h2-5,8-9,14,27H,6-7,10-11H2,1H3,(H,23,24). The average molecular weight is 419 g/mol. The van der Waals surface area contributed by atoms with E-state index in [4.69, 9.17) is 27.9 Å². The molecule has 1 saturated heterocycles. The summed E-state index contributed by atoms with van der Waals surface area (Å²) in [4.78, 5) is 2.06. The Morgan fingerprint density at radius 2 is 2.04 bits per heavy atom. The smallest absolute Gasteiger partial charge is 0.159 e. The molecule has 3 aromatic rings. The van der Waals surface area contributed by atoms with Gasteiger partial charge in [-0.25, -0.2) is 0 Å². The summed E-state index contributed by atoms with van der Waals surface area (Å²) in [5.41, 5.74) is 0.995. The average Bonchev–Trinajstić information content (AvgIpc) is 3.12. The minimum atomic E-state index is -0.332. The summed E-state index contributed by atoms with van der Waals surface area (Å²) in [6, 6.07) is 11.3. The Labute approximate surface area is 173 Å².